The highest BCUT2D eigenvalue weighted by atomic mass is 16.5. The summed E-state index contributed by atoms with van der Waals surface area (Å²) in [5, 5.41) is 3.16. The van der Waals surface area contributed by atoms with Crippen molar-refractivity contribution < 1.29 is 9.53 Å². The molecule has 3 aliphatic rings. The Balaban J connectivity index is 1.83. The average molecular weight is 195 g/mol. The molecule has 1 heterocycles. The Morgan fingerprint density at radius 2 is 2.14 bits per heavy atom. The van der Waals surface area contributed by atoms with E-state index in [1.54, 1.807) is 0 Å². The highest BCUT2D eigenvalue weighted by molar-refractivity contribution is 5.81. The van der Waals surface area contributed by atoms with Crippen molar-refractivity contribution in [1.82, 2.24) is 5.32 Å². The summed E-state index contributed by atoms with van der Waals surface area (Å²) in [5.41, 5.74) is 0. The minimum Gasteiger partial charge on any atom is -0.368 e. The van der Waals surface area contributed by atoms with Gasteiger partial charge in [-0.1, -0.05) is 0 Å². The molecule has 0 spiro atoms. The molecular weight excluding hydrogens is 178 g/mol. The number of rotatable bonds is 0. The van der Waals surface area contributed by atoms with Crippen molar-refractivity contribution in [2.75, 3.05) is 6.61 Å². The summed E-state index contributed by atoms with van der Waals surface area (Å²) < 4.78 is 5.57. The number of fused-ring (bicyclic) bond motifs is 5. The Hall–Kier alpha value is -0.570. The predicted molar refractivity (Wildman–Crippen MR) is 51.7 cm³/mol. The van der Waals surface area contributed by atoms with Gasteiger partial charge in [0.15, 0.2) is 0 Å². The van der Waals surface area contributed by atoms with Gasteiger partial charge < -0.3 is 10.1 Å². The fourth-order valence-corrected chi connectivity index (χ4v) is 3.49. The number of nitrogens with one attached hydrogen (secondary N) is 1. The van der Waals surface area contributed by atoms with Gasteiger partial charge in [0.25, 0.3) is 0 Å². The van der Waals surface area contributed by atoms with E-state index in [9.17, 15) is 4.79 Å². The fraction of sp³-hybridized carbons (Fsp3) is 0.909. The SMILES string of the molecule is C[C@H]1OC[C@H]2[C@H]3CC[C@H](C3)[C@H]2NC1=O. The van der Waals surface area contributed by atoms with Crippen molar-refractivity contribution in [2.45, 2.75) is 38.3 Å². The fourth-order valence-electron chi connectivity index (χ4n) is 3.49. The molecule has 0 unspecified atom stereocenters. The van der Waals surface area contributed by atoms with Crippen molar-refractivity contribution in [1.29, 1.82) is 0 Å². The molecule has 1 amide bonds. The normalized spacial score (nSPS) is 51.2. The summed E-state index contributed by atoms with van der Waals surface area (Å²) in [6, 6.07) is 0.422. The van der Waals surface area contributed by atoms with Crippen LogP contribution in [0.25, 0.3) is 0 Å². The van der Waals surface area contributed by atoms with Gasteiger partial charge in [-0.2, -0.15) is 0 Å². The van der Waals surface area contributed by atoms with Gasteiger partial charge in [-0.25, -0.2) is 0 Å². The Bertz CT molecular complexity index is 266. The topological polar surface area (TPSA) is 38.3 Å². The lowest BCUT2D eigenvalue weighted by Crippen LogP contribution is -2.44. The predicted octanol–water partition coefficient (Wildman–Crippen LogP) is 0.936. The second kappa shape index (κ2) is 2.96. The number of hydrogen-bond donors (Lipinski definition) is 1. The van der Waals surface area contributed by atoms with Crippen LogP contribution in [-0.4, -0.2) is 24.7 Å². The molecule has 1 aliphatic heterocycles. The van der Waals surface area contributed by atoms with Gasteiger partial charge in [0.2, 0.25) is 5.91 Å². The minimum atomic E-state index is -0.250. The summed E-state index contributed by atoms with van der Waals surface area (Å²) in [7, 11) is 0. The smallest absolute Gasteiger partial charge is 0.249 e. The molecule has 2 aliphatic carbocycles. The Kier molecular flexibility index (Phi) is 1.84. The molecule has 0 aromatic carbocycles. The van der Waals surface area contributed by atoms with Gasteiger partial charge in [0.1, 0.15) is 6.10 Å². The molecular formula is C11H17NO2. The van der Waals surface area contributed by atoms with Gasteiger partial charge in [0.05, 0.1) is 6.61 Å². The van der Waals surface area contributed by atoms with Crippen LogP contribution in [0.4, 0.5) is 0 Å². The molecule has 0 aromatic rings. The Morgan fingerprint density at radius 3 is 3.00 bits per heavy atom. The number of carbonyl (C=O) groups is 1. The molecule has 1 N–H and O–H groups in total. The van der Waals surface area contributed by atoms with E-state index in [2.05, 4.69) is 5.32 Å². The van der Waals surface area contributed by atoms with E-state index < -0.39 is 0 Å². The molecule has 0 aromatic heterocycles. The maximum atomic E-state index is 11.6. The van der Waals surface area contributed by atoms with Crippen molar-refractivity contribution in [3.63, 3.8) is 0 Å². The summed E-state index contributed by atoms with van der Waals surface area (Å²) in [4.78, 5) is 11.6. The molecule has 1 saturated heterocycles. The maximum Gasteiger partial charge on any atom is 0.249 e. The monoisotopic (exact) mass is 195 g/mol. The van der Waals surface area contributed by atoms with E-state index in [4.69, 9.17) is 4.74 Å². The van der Waals surface area contributed by atoms with E-state index in [1.807, 2.05) is 6.92 Å². The third kappa shape index (κ3) is 1.11. The number of ether oxygens (including phenoxy) is 1. The zero-order valence-electron chi connectivity index (χ0n) is 8.53. The van der Waals surface area contributed by atoms with Crippen molar-refractivity contribution in [3.05, 3.63) is 0 Å². The van der Waals surface area contributed by atoms with Gasteiger partial charge in [-0.15, -0.1) is 0 Å². The summed E-state index contributed by atoms with van der Waals surface area (Å²) >= 11 is 0. The van der Waals surface area contributed by atoms with E-state index >= 15 is 0 Å². The molecule has 5 atom stereocenters. The van der Waals surface area contributed by atoms with Gasteiger partial charge in [-0.05, 0) is 38.0 Å². The number of hydrogen-bond acceptors (Lipinski definition) is 2. The van der Waals surface area contributed by atoms with Crippen LogP contribution in [0, 0.1) is 17.8 Å². The van der Waals surface area contributed by atoms with Crippen LogP contribution in [0.5, 0.6) is 0 Å². The molecule has 14 heavy (non-hydrogen) atoms. The lowest BCUT2D eigenvalue weighted by atomic mass is 9.85. The first-order chi connectivity index (χ1) is 6.75. The lowest BCUT2D eigenvalue weighted by Gasteiger charge is -2.28. The van der Waals surface area contributed by atoms with E-state index in [0.29, 0.717) is 12.0 Å². The quantitative estimate of drug-likeness (QED) is 0.624. The number of amides is 1. The Morgan fingerprint density at radius 1 is 1.36 bits per heavy atom. The molecule has 3 rings (SSSR count). The zero-order valence-corrected chi connectivity index (χ0v) is 8.53. The van der Waals surface area contributed by atoms with E-state index in [0.717, 1.165) is 18.4 Å². The van der Waals surface area contributed by atoms with Crippen LogP contribution >= 0.6 is 0 Å². The largest absolute Gasteiger partial charge is 0.368 e. The minimum absolute atomic E-state index is 0.0880. The molecule has 78 valence electrons. The van der Waals surface area contributed by atoms with Gasteiger partial charge in [-0.3, -0.25) is 4.79 Å². The molecule has 3 fully saturated rings. The van der Waals surface area contributed by atoms with Crippen LogP contribution in [0.3, 0.4) is 0 Å². The van der Waals surface area contributed by atoms with Gasteiger partial charge >= 0.3 is 0 Å². The zero-order chi connectivity index (χ0) is 9.71. The number of carbonyl (C=O) groups excluding carboxylic acids is 1. The Labute approximate surface area is 84.2 Å². The van der Waals surface area contributed by atoms with Crippen LogP contribution < -0.4 is 5.32 Å². The molecule has 2 saturated carbocycles. The maximum absolute atomic E-state index is 11.6. The molecule has 3 heteroatoms. The first-order valence-corrected chi connectivity index (χ1v) is 5.67. The third-order valence-corrected chi connectivity index (χ3v) is 4.31. The lowest BCUT2D eigenvalue weighted by molar-refractivity contribution is -0.130. The van der Waals surface area contributed by atoms with Crippen LogP contribution in [0.1, 0.15) is 26.2 Å². The second-order valence-corrected chi connectivity index (χ2v) is 5.01. The summed E-state index contributed by atoms with van der Waals surface area (Å²) in [5.74, 6) is 2.24. The van der Waals surface area contributed by atoms with E-state index in [1.165, 1.54) is 19.3 Å². The van der Waals surface area contributed by atoms with Crippen LogP contribution in [0.2, 0.25) is 0 Å². The van der Waals surface area contributed by atoms with Crippen molar-refractivity contribution in [2.24, 2.45) is 17.8 Å². The van der Waals surface area contributed by atoms with Crippen LogP contribution in [0.15, 0.2) is 0 Å². The first kappa shape index (κ1) is 8.72. The highest BCUT2D eigenvalue weighted by Gasteiger charge is 2.49. The molecule has 0 radical (unpaired) electrons. The second-order valence-electron chi connectivity index (χ2n) is 5.01. The highest BCUT2D eigenvalue weighted by Crippen LogP contribution is 2.49. The molecule has 3 nitrogen and oxygen atoms in total. The van der Waals surface area contributed by atoms with Crippen molar-refractivity contribution in [3.8, 4) is 0 Å². The summed E-state index contributed by atoms with van der Waals surface area (Å²) in [6.45, 7) is 2.63. The van der Waals surface area contributed by atoms with E-state index in [-0.39, 0.29) is 12.0 Å². The third-order valence-electron chi connectivity index (χ3n) is 4.31. The van der Waals surface area contributed by atoms with Gasteiger partial charge in [0, 0.05) is 12.0 Å². The van der Waals surface area contributed by atoms with Crippen LogP contribution in [-0.2, 0) is 9.53 Å². The summed E-state index contributed by atoms with van der Waals surface area (Å²) in [6.07, 6.45) is 3.72. The first-order valence-electron chi connectivity index (χ1n) is 5.67. The standard InChI is InChI=1S/C11H17NO2/c1-6-11(13)12-10-8-3-2-7(4-8)9(10)5-14-6/h6-10H,2-5H2,1H3,(H,12,13)/t6-,7+,8-,9+,10-/m1/s1. The molecule has 2 bridgehead atoms. The van der Waals surface area contributed by atoms with Crippen molar-refractivity contribution >= 4 is 5.91 Å². The average Bonchev–Trinajstić information content (AvgIpc) is 2.71.